The third kappa shape index (κ3) is 1.75. The highest BCUT2D eigenvalue weighted by atomic mass is 79.9. The summed E-state index contributed by atoms with van der Waals surface area (Å²) in [6.45, 7) is -0.556. The Morgan fingerprint density at radius 3 is 3.00 bits per heavy atom. The molecule has 0 spiro atoms. The topological polar surface area (TPSA) is 12.9 Å². The van der Waals surface area contributed by atoms with Gasteiger partial charge in [-0.1, -0.05) is 0 Å². The Bertz CT molecular complexity index is 202. The van der Waals surface area contributed by atoms with Gasteiger partial charge in [0.25, 0.3) is 0 Å². The summed E-state index contributed by atoms with van der Waals surface area (Å²) >= 11 is 3.11. The van der Waals surface area contributed by atoms with E-state index in [0.717, 1.165) is 0 Å². The van der Waals surface area contributed by atoms with Gasteiger partial charge in [-0.3, -0.25) is 0 Å². The van der Waals surface area contributed by atoms with E-state index in [-0.39, 0.29) is 0 Å². The van der Waals surface area contributed by atoms with Crippen molar-refractivity contribution in [3.05, 3.63) is 28.5 Å². The Morgan fingerprint density at radius 2 is 2.56 bits per heavy atom. The van der Waals surface area contributed by atoms with E-state index in [1.807, 2.05) is 0 Å². The maximum absolute atomic E-state index is 11.8. The molecule has 1 nitrogen and oxygen atoms in total. The van der Waals surface area contributed by atoms with Crippen LogP contribution in [0.5, 0.6) is 0 Å². The first-order valence-corrected chi connectivity index (χ1v) is 3.21. The van der Waals surface area contributed by atoms with Crippen molar-refractivity contribution in [2.75, 3.05) is 0 Å². The average Bonchev–Trinajstić information content (AvgIpc) is 1.88. The van der Waals surface area contributed by atoms with Gasteiger partial charge in [0.05, 0.1) is 5.69 Å². The van der Waals surface area contributed by atoms with Gasteiger partial charge < -0.3 is 0 Å². The van der Waals surface area contributed by atoms with Gasteiger partial charge in [0.15, 0.2) is 0 Å². The number of halogens is 2. The summed E-state index contributed by atoms with van der Waals surface area (Å²) in [6, 6.07) is 5.98. The second-order valence-corrected chi connectivity index (χ2v) is 2.31. The third-order valence-corrected chi connectivity index (χ3v) is 1.28. The predicted molar refractivity (Wildman–Crippen MR) is 35.6 cm³/mol. The van der Waals surface area contributed by atoms with Crippen LogP contribution in [0.3, 0.4) is 0 Å². The molecule has 1 aromatic rings. The standard InChI is InChI=1S/C6H4BrFN/c7-6-3-1-2-5(4-8)9-6/h1,3H,4H2. The van der Waals surface area contributed by atoms with Gasteiger partial charge in [-0.25, -0.2) is 9.37 Å². The SMILES string of the molecule is FCc1[c]ccc(Br)n1. The van der Waals surface area contributed by atoms with Gasteiger partial charge in [0.2, 0.25) is 0 Å². The molecule has 0 unspecified atom stereocenters. The van der Waals surface area contributed by atoms with Crippen LogP contribution in [0.25, 0.3) is 0 Å². The molecular weight excluding hydrogens is 185 g/mol. The molecule has 1 heterocycles. The highest BCUT2D eigenvalue weighted by Crippen LogP contribution is 2.05. The smallest absolute Gasteiger partial charge is 0.132 e. The summed E-state index contributed by atoms with van der Waals surface area (Å²) in [5.41, 5.74) is 0.337. The lowest BCUT2D eigenvalue weighted by molar-refractivity contribution is 0.475. The van der Waals surface area contributed by atoms with E-state index in [2.05, 4.69) is 27.0 Å². The molecule has 0 aliphatic rings. The van der Waals surface area contributed by atoms with Gasteiger partial charge in [-0.15, -0.1) is 0 Å². The number of alkyl halides is 1. The first-order chi connectivity index (χ1) is 4.33. The molecule has 0 atom stereocenters. The number of pyridine rings is 1. The van der Waals surface area contributed by atoms with Gasteiger partial charge in [-0.2, -0.15) is 0 Å². The molecule has 0 fully saturated rings. The van der Waals surface area contributed by atoms with Crippen molar-refractivity contribution < 1.29 is 4.39 Å². The Hall–Kier alpha value is -0.440. The van der Waals surface area contributed by atoms with E-state index in [9.17, 15) is 4.39 Å². The predicted octanol–water partition coefficient (Wildman–Crippen LogP) is 2.11. The van der Waals surface area contributed by atoms with Gasteiger partial charge in [0, 0.05) is 6.07 Å². The molecule has 3 heteroatoms. The number of hydrogen-bond acceptors (Lipinski definition) is 1. The average molecular weight is 189 g/mol. The maximum Gasteiger partial charge on any atom is 0.132 e. The van der Waals surface area contributed by atoms with Crippen molar-refractivity contribution in [3.8, 4) is 0 Å². The van der Waals surface area contributed by atoms with Crippen molar-refractivity contribution in [1.29, 1.82) is 0 Å². The Balaban J connectivity index is 2.94. The van der Waals surface area contributed by atoms with Crippen molar-refractivity contribution >= 4 is 15.9 Å². The third-order valence-electron chi connectivity index (χ3n) is 0.839. The largest absolute Gasteiger partial charge is 0.244 e. The molecular formula is C6H4BrFN. The Kier molecular flexibility index (Phi) is 2.16. The minimum Gasteiger partial charge on any atom is -0.244 e. The van der Waals surface area contributed by atoms with Gasteiger partial charge >= 0.3 is 0 Å². The molecule has 0 amide bonds. The van der Waals surface area contributed by atoms with Crippen LogP contribution < -0.4 is 0 Å². The molecule has 0 aliphatic heterocycles. The summed E-state index contributed by atoms with van der Waals surface area (Å²) in [5.74, 6) is 0. The molecule has 0 aliphatic carbocycles. The zero-order valence-electron chi connectivity index (χ0n) is 4.56. The van der Waals surface area contributed by atoms with Crippen LogP contribution in [-0.4, -0.2) is 4.98 Å². The first-order valence-electron chi connectivity index (χ1n) is 2.42. The lowest BCUT2D eigenvalue weighted by atomic mass is 10.4. The van der Waals surface area contributed by atoms with Crippen molar-refractivity contribution in [1.82, 2.24) is 4.98 Å². The van der Waals surface area contributed by atoms with Crippen molar-refractivity contribution in [3.63, 3.8) is 0 Å². The molecule has 0 saturated carbocycles. The number of nitrogens with zero attached hydrogens (tertiary/aromatic N) is 1. The lowest BCUT2D eigenvalue weighted by Gasteiger charge is -1.90. The molecule has 0 N–H and O–H groups in total. The van der Waals surface area contributed by atoms with E-state index < -0.39 is 6.67 Å². The fourth-order valence-electron chi connectivity index (χ4n) is 0.474. The summed E-state index contributed by atoms with van der Waals surface area (Å²) in [7, 11) is 0. The van der Waals surface area contributed by atoms with Crippen molar-refractivity contribution in [2.45, 2.75) is 6.67 Å². The van der Waals surface area contributed by atoms with E-state index in [1.165, 1.54) is 0 Å². The molecule has 0 bridgehead atoms. The second-order valence-electron chi connectivity index (χ2n) is 1.49. The molecule has 47 valence electrons. The van der Waals surface area contributed by atoms with Crippen LogP contribution in [0.4, 0.5) is 4.39 Å². The van der Waals surface area contributed by atoms with Crippen LogP contribution in [0, 0.1) is 6.07 Å². The lowest BCUT2D eigenvalue weighted by Crippen LogP contribution is -1.84. The minimum absolute atomic E-state index is 0.337. The summed E-state index contributed by atoms with van der Waals surface area (Å²) in [6.07, 6.45) is 0. The van der Waals surface area contributed by atoms with Crippen LogP contribution >= 0.6 is 15.9 Å². The molecule has 0 aromatic carbocycles. The molecule has 1 radical (unpaired) electrons. The summed E-state index contributed by atoms with van der Waals surface area (Å²) < 4.78 is 12.4. The Morgan fingerprint density at radius 1 is 1.78 bits per heavy atom. The van der Waals surface area contributed by atoms with E-state index in [4.69, 9.17) is 0 Å². The van der Waals surface area contributed by atoms with E-state index in [1.54, 1.807) is 12.1 Å². The zero-order chi connectivity index (χ0) is 6.69. The molecule has 1 rings (SSSR count). The van der Waals surface area contributed by atoms with Gasteiger partial charge in [-0.05, 0) is 28.1 Å². The van der Waals surface area contributed by atoms with Crippen LogP contribution in [-0.2, 0) is 6.67 Å². The van der Waals surface area contributed by atoms with E-state index >= 15 is 0 Å². The van der Waals surface area contributed by atoms with Gasteiger partial charge in [0.1, 0.15) is 11.3 Å². The molecule has 9 heavy (non-hydrogen) atoms. The molecule has 1 aromatic heterocycles. The highest BCUT2D eigenvalue weighted by Gasteiger charge is 1.91. The van der Waals surface area contributed by atoms with Crippen LogP contribution in [0.1, 0.15) is 5.69 Å². The summed E-state index contributed by atoms with van der Waals surface area (Å²) in [4.78, 5) is 3.78. The molecule has 0 saturated heterocycles. The number of hydrogen-bond donors (Lipinski definition) is 0. The minimum atomic E-state index is -0.556. The fourth-order valence-corrected chi connectivity index (χ4v) is 0.820. The van der Waals surface area contributed by atoms with Crippen molar-refractivity contribution in [2.24, 2.45) is 0 Å². The summed E-state index contributed by atoms with van der Waals surface area (Å²) in [5, 5.41) is 0. The monoisotopic (exact) mass is 188 g/mol. The number of rotatable bonds is 1. The Labute approximate surface area is 61.0 Å². The van der Waals surface area contributed by atoms with Crippen LogP contribution in [0.2, 0.25) is 0 Å². The maximum atomic E-state index is 11.8. The number of aromatic nitrogens is 1. The van der Waals surface area contributed by atoms with Crippen LogP contribution in [0.15, 0.2) is 16.7 Å². The highest BCUT2D eigenvalue weighted by molar-refractivity contribution is 9.10. The first kappa shape index (κ1) is 6.68. The fraction of sp³-hybridized carbons (Fsp3) is 0.167. The normalized spacial score (nSPS) is 9.56. The van der Waals surface area contributed by atoms with E-state index in [0.29, 0.717) is 10.3 Å². The zero-order valence-corrected chi connectivity index (χ0v) is 6.15. The quantitative estimate of drug-likeness (QED) is 0.616. The second kappa shape index (κ2) is 2.92.